The number of aromatic amines is 2. The van der Waals surface area contributed by atoms with E-state index in [4.69, 9.17) is 11.6 Å². The van der Waals surface area contributed by atoms with Gasteiger partial charge in [-0.2, -0.15) is 5.10 Å². The molecule has 5 rings (SSSR count). The zero-order valence-corrected chi connectivity index (χ0v) is 15.8. The molecule has 3 aromatic heterocycles. The van der Waals surface area contributed by atoms with E-state index in [2.05, 4.69) is 31.5 Å². The minimum Gasteiger partial charge on any atom is -0.355 e. The highest BCUT2D eigenvalue weighted by atomic mass is 35.5. The van der Waals surface area contributed by atoms with Gasteiger partial charge in [-0.3, -0.25) is 14.9 Å². The highest BCUT2D eigenvalue weighted by Gasteiger charge is 2.27. The molecule has 0 saturated heterocycles. The van der Waals surface area contributed by atoms with Crippen LogP contribution in [-0.2, 0) is 6.42 Å². The molecule has 0 fully saturated rings. The van der Waals surface area contributed by atoms with E-state index >= 15 is 0 Å². The summed E-state index contributed by atoms with van der Waals surface area (Å²) in [5, 5.41) is 12.1. The normalized spacial score (nSPS) is 16.1. The molecule has 4 aromatic rings. The predicted molar refractivity (Wildman–Crippen MR) is 108 cm³/mol. The lowest BCUT2D eigenvalue weighted by Gasteiger charge is -2.23. The van der Waals surface area contributed by atoms with Gasteiger partial charge in [0.15, 0.2) is 0 Å². The zero-order valence-electron chi connectivity index (χ0n) is 15.0. The average molecular weight is 392 g/mol. The number of H-pyrrole nitrogens is 2. The molecule has 7 heteroatoms. The van der Waals surface area contributed by atoms with Gasteiger partial charge in [0.1, 0.15) is 5.69 Å². The van der Waals surface area contributed by atoms with E-state index in [0.29, 0.717) is 16.4 Å². The van der Waals surface area contributed by atoms with Crippen LogP contribution in [0.3, 0.4) is 0 Å². The van der Waals surface area contributed by atoms with Gasteiger partial charge < -0.3 is 10.3 Å². The Labute approximate surface area is 166 Å². The molecule has 1 atom stereocenters. The highest BCUT2D eigenvalue weighted by molar-refractivity contribution is 6.35. The Morgan fingerprint density at radius 1 is 1.21 bits per heavy atom. The number of amides is 1. The van der Waals surface area contributed by atoms with Gasteiger partial charge >= 0.3 is 0 Å². The summed E-state index contributed by atoms with van der Waals surface area (Å²) in [6, 6.07) is 11.3. The number of carbonyl (C=O) groups is 1. The second-order valence-corrected chi connectivity index (χ2v) is 7.41. The van der Waals surface area contributed by atoms with Crippen LogP contribution >= 0.6 is 11.6 Å². The fourth-order valence-corrected chi connectivity index (χ4v) is 4.16. The second-order valence-electron chi connectivity index (χ2n) is 7.00. The van der Waals surface area contributed by atoms with Crippen molar-refractivity contribution in [2.45, 2.75) is 25.3 Å². The number of hydrogen-bond acceptors (Lipinski definition) is 3. The Morgan fingerprint density at radius 2 is 2.07 bits per heavy atom. The zero-order chi connectivity index (χ0) is 19.1. The van der Waals surface area contributed by atoms with Gasteiger partial charge in [0.2, 0.25) is 0 Å². The topological polar surface area (TPSA) is 86.5 Å². The van der Waals surface area contributed by atoms with Crippen LogP contribution in [0.4, 0.5) is 0 Å². The Bertz CT molecular complexity index is 1160. The molecule has 28 heavy (non-hydrogen) atoms. The molecule has 140 valence electrons. The smallest absolute Gasteiger partial charge is 0.269 e. The Balaban J connectivity index is 1.42. The third-order valence-corrected chi connectivity index (χ3v) is 5.61. The third kappa shape index (κ3) is 2.86. The van der Waals surface area contributed by atoms with Crippen molar-refractivity contribution in [3.05, 3.63) is 70.8 Å². The summed E-state index contributed by atoms with van der Waals surface area (Å²) >= 11 is 6.35. The number of para-hydroxylation sites is 1. The van der Waals surface area contributed by atoms with Gasteiger partial charge in [-0.05, 0) is 49.1 Å². The van der Waals surface area contributed by atoms with E-state index < -0.39 is 0 Å². The summed E-state index contributed by atoms with van der Waals surface area (Å²) in [6.07, 6.45) is 6.29. The maximum Gasteiger partial charge on any atom is 0.269 e. The molecule has 0 aliphatic heterocycles. The number of hydrogen-bond donors (Lipinski definition) is 3. The number of nitrogens with one attached hydrogen (secondary N) is 3. The molecule has 0 spiro atoms. The molecule has 0 radical (unpaired) electrons. The predicted octanol–water partition coefficient (Wildman–Crippen LogP) is 4.41. The molecule has 1 aliphatic rings. The Morgan fingerprint density at radius 3 is 2.93 bits per heavy atom. The first kappa shape index (κ1) is 17.0. The van der Waals surface area contributed by atoms with Crippen molar-refractivity contribution in [2.24, 2.45) is 0 Å². The van der Waals surface area contributed by atoms with E-state index in [1.807, 2.05) is 24.3 Å². The Kier molecular flexibility index (Phi) is 4.13. The van der Waals surface area contributed by atoms with Crippen molar-refractivity contribution in [1.82, 2.24) is 25.5 Å². The summed E-state index contributed by atoms with van der Waals surface area (Å²) in [7, 11) is 0. The quantitative estimate of drug-likeness (QED) is 0.483. The van der Waals surface area contributed by atoms with Crippen LogP contribution in [0.25, 0.3) is 22.2 Å². The van der Waals surface area contributed by atoms with Crippen LogP contribution < -0.4 is 5.32 Å². The summed E-state index contributed by atoms with van der Waals surface area (Å²) in [6.45, 7) is 0. The van der Waals surface area contributed by atoms with Crippen molar-refractivity contribution in [1.29, 1.82) is 0 Å². The van der Waals surface area contributed by atoms with Gasteiger partial charge in [0, 0.05) is 29.0 Å². The van der Waals surface area contributed by atoms with Crippen LogP contribution in [0, 0.1) is 0 Å². The molecule has 1 amide bonds. The van der Waals surface area contributed by atoms with Gasteiger partial charge in [-0.1, -0.05) is 23.7 Å². The molecule has 1 unspecified atom stereocenters. The van der Waals surface area contributed by atoms with Crippen LogP contribution in [0.1, 0.15) is 40.6 Å². The molecular weight excluding hydrogens is 374 g/mol. The second kappa shape index (κ2) is 6.80. The first-order valence-corrected chi connectivity index (χ1v) is 9.64. The third-order valence-electron chi connectivity index (χ3n) is 5.30. The van der Waals surface area contributed by atoms with Crippen LogP contribution in [0.5, 0.6) is 0 Å². The summed E-state index contributed by atoms with van der Waals surface area (Å²) in [5.74, 6) is -0.171. The maximum absolute atomic E-state index is 12.8. The van der Waals surface area contributed by atoms with Crippen molar-refractivity contribution >= 4 is 28.4 Å². The minimum atomic E-state index is -0.171. The number of pyridine rings is 1. The van der Waals surface area contributed by atoms with Crippen molar-refractivity contribution in [3.63, 3.8) is 0 Å². The number of nitrogens with zero attached hydrogens (tertiary/aromatic N) is 2. The maximum atomic E-state index is 12.8. The number of fused-ring (bicyclic) bond motifs is 3. The van der Waals surface area contributed by atoms with E-state index in [9.17, 15) is 4.79 Å². The minimum absolute atomic E-state index is 0.0765. The van der Waals surface area contributed by atoms with Gasteiger partial charge in [0.25, 0.3) is 5.91 Å². The number of benzene rings is 1. The fraction of sp³-hybridized carbons (Fsp3) is 0.190. The number of aromatic nitrogens is 4. The van der Waals surface area contributed by atoms with Crippen molar-refractivity contribution < 1.29 is 4.79 Å². The van der Waals surface area contributed by atoms with Crippen molar-refractivity contribution in [3.8, 4) is 11.3 Å². The molecule has 3 N–H and O–H groups in total. The summed E-state index contributed by atoms with van der Waals surface area (Å²) in [5.41, 5.74) is 5.31. The lowest BCUT2D eigenvalue weighted by atomic mass is 9.91. The van der Waals surface area contributed by atoms with Crippen LogP contribution in [0.15, 0.2) is 48.8 Å². The summed E-state index contributed by atoms with van der Waals surface area (Å²) < 4.78 is 0. The van der Waals surface area contributed by atoms with E-state index in [0.717, 1.165) is 41.4 Å². The number of halogens is 1. The number of carbonyl (C=O) groups excluding carboxylic acids is 1. The monoisotopic (exact) mass is 391 g/mol. The SMILES string of the molecule is O=C(NC1CCCc2c1[nH]c1c(Cl)cccc21)c1cc(-c2ccncc2)n[nH]1. The molecule has 3 heterocycles. The lowest BCUT2D eigenvalue weighted by Crippen LogP contribution is -2.31. The van der Waals surface area contributed by atoms with Crippen molar-refractivity contribution in [2.75, 3.05) is 0 Å². The van der Waals surface area contributed by atoms with Crippen LogP contribution in [-0.4, -0.2) is 26.1 Å². The molecule has 0 saturated carbocycles. The van der Waals surface area contributed by atoms with E-state index in [-0.39, 0.29) is 11.9 Å². The lowest BCUT2D eigenvalue weighted by molar-refractivity contribution is 0.0927. The molecule has 1 aromatic carbocycles. The molecular formula is C21H18ClN5O. The first-order chi connectivity index (χ1) is 13.7. The molecule has 0 bridgehead atoms. The van der Waals surface area contributed by atoms with Gasteiger partial charge in [0.05, 0.1) is 22.3 Å². The van der Waals surface area contributed by atoms with Gasteiger partial charge in [-0.15, -0.1) is 0 Å². The fourth-order valence-electron chi connectivity index (χ4n) is 3.94. The number of aryl methyl sites for hydroxylation is 1. The Hall–Kier alpha value is -3.12. The molecule has 1 aliphatic carbocycles. The van der Waals surface area contributed by atoms with E-state index in [1.165, 1.54) is 5.56 Å². The number of rotatable bonds is 3. The first-order valence-electron chi connectivity index (χ1n) is 9.26. The largest absolute Gasteiger partial charge is 0.355 e. The summed E-state index contributed by atoms with van der Waals surface area (Å²) in [4.78, 5) is 20.3. The molecule has 6 nitrogen and oxygen atoms in total. The standard InChI is InChI=1S/C21H18ClN5O/c22-15-5-1-3-13-14-4-2-6-16(20(14)25-19(13)15)24-21(28)18-11-17(26-27-18)12-7-9-23-10-8-12/h1,3,5,7-11,16,25H,2,4,6H2,(H,24,28)(H,26,27). The van der Waals surface area contributed by atoms with E-state index in [1.54, 1.807) is 18.5 Å². The average Bonchev–Trinajstić information content (AvgIpc) is 3.35. The highest BCUT2D eigenvalue weighted by Crippen LogP contribution is 2.37. The van der Waals surface area contributed by atoms with Gasteiger partial charge in [-0.25, -0.2) is 0 Å². The van der Waals surface area contributed by atoms with Crippen LogP contribution in [0.2, 0.25) is 5.02 Å².